The molecule has 1 heterocycles. The number of nitrogens with zero attached hydrogens (tertiary/aromatic N) is 1. The van der Waals surface area contributed by atoms with E-state index in [0.717, 1.165) is 18.4 Å². The topological polar surface area (TPSA) is 101 Å². The molecule has 1 aromatic heterocycles. The van der Waals surface area contributed by atoms with Crippen molar-refractivity contribution in [2.45, 2.75) is 19.8 Å². The number of para-hydroxylation sites is 1. The Morgan fingerprint density at radius 3 is 2.20 bits per heavy atom. The molecular weight excluding hydrogens is 442 g/mol. The first-order chi connectivity index (χ1) is 17.1. The first kappa shape index (κ1) is 23.6. The van der Waals surface area contributed by atoms with Crippen molar-refractivity contribution < 1.29 is 14.3 Å². The van der Waals surface area contributed by atoms with E-state index in [9.17, 15) is 14.4 Å². The van der Waals surface area contributed by atoms with Gasteiger partial charge >= 0.3 is 5.97 Å². The van der Waals surface area contributed by atoms with E-state index in [-0.39, 0.29) is 16.8 Å². The minimum absolute atomic E-state index is 0.0980. The summed E-state index contributed by atoms with van der Waals surface area (Å²) < 4.78 is 5.32. The minimum Gasteiger partial charge on any atom is -0.462 e. The zero-order valence-electron chi connectivity index (χ0n) is 19.3. The fourth-order valence-electron chi connectivity index (χ4n) is 3.70. The highest BCUT2D eigenvalue weighted by Crippen LogP contribution is 2.32. The van der Waals surface area contributed by atoms with Crippen LogP contribution in [0.2, 0.25) is 0 Å². The van der Waals surface area contributed by atoms with E-state index in [1.54, 1.807) is 24.3 Å². The van der Waals surface area contributed by atoms with Crippen molar-refractivity contribution in [2.75, 3.05) is 11.9 Å². The van der Waals surface area contributed by atoms with Crippen LogP contribution in [0.4, 0.5) is 5.69 Å². The first-order valence-electron chi connectivity index (χ1n) is 11.4. The molecule has 0 bridgehead atoms. The maximum absolute atomic E-state index is 13.5. The van der Waals surface area contributed by atoms with Crippen LogP contribution in [0, 0.1) is 0 Å². The third-order valence-electron chi connectivity index (χ3n) is 5.45. The standard InChI is InChI=1S/C28H25N3O4/c1-2-3-18-35-28(34)21-16-10-11-17-22(21)29-26(32)24-23(19-12-6-4-7-13-19)25(30-31-27(24)33)20-14-8-5-9-15-20/h4-17H,2-3,18H2,1H3,(H,29,32)(H,31,33). The molecule has 35 heavy (non-hydrogen) atoms. The summed E-state index contributed by atoms with van der Waals surface area (Å²) in [4.78, 5) is 39.1. The van der Waals surface area contributed by atoms with Gasteiger partial charge in [-0.05, 0) is 24.1 Å². The predicted molar refractivity (Wildman–Crippen MR) is 135 cm³/mol. The van der Waals surface area contributed by atoms with Crippen molar-refractivity contribution in [3.05, 3.63) is 106 Å². The van der Waals surface area contributed by atoms with E-state index in [1.807, 2.05) is 67.6 Å². The molecule has 3 aromatic carbocycles. The fraction of sp³-hybridized carbons (Fsp3) is 0.143. The summed E-state index contributed by atoms with van der Waals surface area (Å²) in [6.45, 7) is 2.29. The Hall–Kier alpha value is -4.52. The van der Waals surface area contributed by atoms with Gasteiger partial charge in [-0.25, -0.2) is 9.89 Å². The normalized spacial score (nSPS) is 10.5. The molecule has 1 amide bonds. The summed E-state index contributed by atoms with van der Waals surface area (Å²) in [6, 6.07) is 25.0. The number of amides is 1. The number of hydrogen-bond acceptors (Lipinski definition) is 5. The maximum Gasteiger partial charge on any atom is 0.340 e. The lowest BCUT2D eigenvalue weighted by Gasteiger charge is -2.15. The SMILES string of the molecule is CCCCOC(=O)c1ccccc1NC(=O)c1c(-c2ccccc2)c(-c2ccccc2)n[nH]c1=O. The zero-order valence-corrected chi connectivity index (χ0v) is 19.3. The van der Waals surface area contributed by atoms with Gasteiger partial charge in [-0.3, -0.25) is 9.59 Å². The lowest BCUT2D eigenvalue weighted by atomic mass is 9.95. The van der Waals surface area contributed by atoms with Crippen molar-refractivity contribution in [2.24, 2.45) is 0 Å². The molecule has 2 N–H and O–H groups in total. The summed E-state index contributed by atoms with van der Waals surface area (Å²) >= 11 is 0. The second-order valence-electron chi connectivity index (χ2n) is 7.87. The van der Waals surface area contributed by atoms with Crippen LogP contribution in [0.5, 0.6) is 0 Å². The highest BCUT2D eigenvalue weighted by atomic mass is 16.5. The molecule has 7 heteroatoms. The highest BCUT2D eigenvalue weighted by Gasteiger charge is 2.24. The van der Waals surface area contributed by atoms with Crippen LogP contribution in [0.1, 0.15) is 40.5 Å². The Bertz CT molecular complexity index is 1380. The number of anilines is 1. The van der Waals surface area contributed by atoms with Gasteiger partial charge in [0, 0.05) is 11.1 Å². The molecule has 4 rings (SSSR count). The van der Waals surface area contributed by atoms with Crippen molar-refractivity contribution in [3.63, 3.8) is 0 Å². The number of nitrogens with one attached hydrogen (secondary N) is 2. The Morgan fingerprint density at radius 1 is 0.886 bits per heavy atom. The molecule has 0 unspecified atom stereocenters. The average molecular weight is 468 g/mol. The van der Waals surface area contributed by atoms with E-state index >= 15 is 0 Å². The molecule has 0 radical (unpaired) electrons. The number of rotatable bonds is 8. The second-order valence-corrected chi connectivity index (χ2v) is 7.87. The molecule has 0 aliphatic heterocycles. The van der Waals surface area contributed by atoms with Crippen LogP contribution < -0.4 is 10.9 Å². The van der Waals surface area contributed by atoms with Crippen LogP contribution in [0.15, 0.2) is 89.7 Å². The number of aromatic nitrogens is 2. The van der Waals surface area contributed by atoms with Gasteiger partial charge in [0.15, 0.2) is 0 Å². The third kappa shape index (κ3) is 5.35. The van der Waals surface area contributed by atoms with Crippen molar-refractivity contribution in [1.82, 2.24) is 10.2 Å². The van der Waals surface area contributed by atoms with Crippen LogP contribution in [-0.4, -0.2) is 28.7 Å². The lowest BCUT2D eigenvalue weighted by molar-refractivity contribution is 0.0501. The molecule has 4 aromatic rings. The molecule has 0 atom stereocenters. The Balaban J connectivity index is 1.78. The van der Waals surface area contributed by atoms with Crippen molar-refractivity contribution in [1.29, 1.82) is 0 Å². The van der Waals surface area contributed by atoms with Crippen molar-refractivity contribution in [3.8, 4) is 22.4 Å². The molecular formula is C28H25N3O4. The van der Waals surface area contributed by atoms with Gasteiger partial charge in [-0.2, -0.15) is 5.10 Å². The second kappa shape index (κ2) is 11.1. The number of aromatic amines is 1. The number of H-pyrrole nitrogens is 1. The van der Waals surface area contributed by atoms with E-state index in [1.165, 1.54) is 0 Å². The quantitative estimate of drug-likeness (QED) is 0.270. The van der Waals surface area contributed by atoms with Crippen LogP contribution >= 0.6 is 0 Å². The number of ether oxygens (including phenoxy) is 1. The maximum atomic E-state index is 13.5. The molecule has 0 fully saturated rings. The Morgan fingerprint density at radius 2 is 1.51 bits per heavy atom. The van der Waals surface area contributed by atoms with Gasteiger partial charge < -0.3 is 10.1 Å². The van der Waals surface area contributed by atoms with Gasteiger partial charge in [0.05, 0.1) is 23.6 Å². The third-order valence-corrected chi connectivity index (χ3v) is 5.45. The van der Waals surface area contributed by atoms with Crippen molar-refractivity contribution >= 4 is 17.6 Å². The smallest absolute Gasteiger partial charge is 0.340 e. The molecule has 7 nitrogen and oxygen atoms in total. The summed E-state index contributed by atoms with van der Waals surface area (Å²) in [5.41, 5.74) is 2.03. The zero-order chi connectivity index (χ0) is 24.6. The van der Waals surface area contributed by atoms with E-state index in [4.69, 9.17) is 4.74 Å². The van der Waals surface area contributed by atoms with E-state index < -0.39 is 17.4 Å². The van der Waals surface area contributed by atoms with Crippen LogP contribution in [0.25, 0.3) is 22.4 Å². The summed E-state index contributed by atoms with van der Waals surface area (Å²) in [6.07, 6.45) is 1.64. The van der Waals surface area contributed by atoms with Crippen LogP contribution in [0.3, 0.4) is 0 Å². The predicted octanol–water partition coefficient (Wildman–Crippen LogP) is 5.31. The summed E-state index contributed by atoms with van der Waals surface area (Å²) in [7, 11) is 0. The highest BCUT2D eigenvalue weighted by molar-refractivity contribution is 6.12. The fourth-order valence-corrected chi connectivity index (χ4v) is 3.70. The largest absolute Gasteiger partial charge is 0.462 e. The summed E-state index contributed by atoms with van der Waals surface area (Å²) in [5.74, 6) is -1.19. The number of unbranched alkanes of at least 4 members (excludes halogenated alkanes) is 1. The number of hydrogen-bond donors (Lipinski definition) is 2. The minimum atomic E-state index is -0.654. The van der Waals surface area contributed by atoms with Gasteiger partial charge in [0.2, 0.25) is 0 Å². The van der Waals surface area contributed by atoms with Gasteiger partial charge in [-0.1, -0.05) is 86.1 Å². The van der Waals surface area contributed by atoms with E-state index in [0.29, 0.717) is 23.4 Å². The number of esters is 1. The Kier molecular flexibility index (Phi) is 7.47. The molecule has 0 aliphatic rings. The molecule has 0 spiro atoms. The first-order valence-corrected chi connectivity index (χ1v) is 11.4. The molecule has 176 valence electrons. The molecule has 0 saturated carbocycles. The number of benzene rings is 3. The Labute approximate surface area is 202 Å². The monoisotopic (exact) mass is 467 g/mol. The van der Waals surface area contributed by atoms with Gasteiger partial charge in [-0.15, -0.1) is 0 Å². The number of carbonyl (C=O) groups excluding carboxylic acids is 2. The molecule has 0 aliphatic carbocycles. The van der Waals surface area contributed by atoms with Gasteiger partial charge in [0.1, 0.15) is 5.56 Å². The molecule has 0 saturated heterocycles. The number of carbonyl (C=O) groups is 2. The van der Waals surface area contributed by atoms with E-state index in [2.05, 4.69) is 15.5 Å². The average Bonchev–Trinajstić information content (AvgIpc) is 2.89. The summed E-state index contributed by atoms with van der Waals surface area (Å²) in [5, 5.41) is 9.47. The van der Waals surface area contributed by atoms with Crippen LogP contribution in [-0.2, 0) is 4.74 Å². The lowest BCUT2D eigenvalue weighted by Crippen LogP contribution is -2.27. The van der Waals surface area contributed by atoms with Gasteiger partial charge in [0.25, 0.3) is 11.5 Å².